The van der Waals surface area contributed by atoms with Crippen molar-refractivity contribution in [2.75, 3.05) is 20.1 Å². The van der Waals surface area contributed by atoms with E-state index >= 15 is 0 Å². The second-order valence-corrected chi connectivity index (χ2v) is 1.99. The van der Waals surface area contributed by atoms with Crippen LogP contribution < -0.4 is 5.32 Å². The van der Waals surface area contributed by atoms with Gasteiger partial charge in [0.15, 0.2) is 0 Å². The lowest BCUT2D eigenvalue weighted by atomic mass is 10.5. The van der Waals surface area contributed by atoms with Crippen molar-refractivity contribution in [3.05, 3.63) is 25.3 Å². The Morgan fingerprint density at radius 1 is 1.45 bits per heavy atom. The first-order chi connectivity index (χ1) is 5.26. The molecule has 0 aromatic heterocycles. The van der Waals surface area contributed by atoms with Crippen molar-refractivity contribution in [3.8, 4) is 0 Å². The van der Waals surface area contributed by atoms with Crippen LogP contribution in [0.4, 0.5) is 4.79 Å². The van der Waals surface area contributed by atoms with Crippen LogP contribution in [0.5, 0.6) is 0 Å². The molecule has 3 heteroatoms. The van der Waals surface area contributed by atoms with Crippen molar-refractivity contribution in [2.45, 2.75) is 0 Å². The van der Waals surface area contributed by atoms with Gasteiger partial charge in [-0.3, -0.25) is 0 Å². The number of nitrogens with zero attached hydrogens (tertiary/aromatic N) is 2. The summed E-state index contributed by atoms with van der Waals surface area (Å²) in [6.45, 7) is 8.09. The maximum Gasteiger partial charge on any atom is 0.339 e. The number of hydrogen-bond donors (Lipinski definition) is 0. The van der Waals surface area contributed by atoms with Crippen LogP contribution in [0.15, 0.2) is 25.3 Å². The zero-order valence-electron chi connectivity index (χ0n) is 6.79. The molecule has 3 nitrogen and oxygen atoms in total. The van der Waals surface area contributed by atoms with Crippen LogP contribution in [-0.4, -0.2) is 31.1 Å². The maximum atomic E-state index is 11.0. The first kappa shape index (κ1) is 9.75. The third kappa shape index (κ3) is 3.45. The van der Waals surface area contributed by atoms with Gasteiger partial charge in [0.05, 0.1) is 0 Å². The summed E-state index contributed by atoms with van der Waals surface area (Å²) in [6.07, 6.45) is 3.32. The Morgan fingerprint density at radius 3 is 2.18 bits per heavy atom. The molecule has 0 aliphatic heterocycles. The van der Waals surface area contributed by atoms with Gasteiger partial charge < -0.3 is 4.90 Å². The molecular weight excluding hydrogens is 140 g/mol. The Kier molecular flexibility index (Phi) is 4.90. The normalized spacial score (nSPS) is 8.45. The second-order valence-electron chi connectivity index (χ2n) is 1.99. The van der Waals surface area contributed by atoms with Gasteiger partial charge in [-0.2, -0.15) is 0 Å². The number of urea groups is 1. The van der Waals surface area contributed by atoms with Gasteiger partial charge in [-0.1, -0.05) is 12.2 Å². The number of carbonyl (C=O) groups excluding carboxylic acids is 1. The van der Waals surface area contributed by atoms with Gasteiger partial charge in [0.1, 0.15) is 0 Å². The second kappa shape index (κ2) is 5.53. The van der Waals surface area contributed by atoms with Gasteiger partial charge >= 0.3 is 6.03 Å². The summed E-state index contributed by atoms with van der Waals surface area (Å²) in [5.41, 5.74) is 0. The molecule has 0 aromatic carbocycles. The first-order valence-corrected chi connectivity index (χ1v) is 3.36. The Hall–Kier alpha value is -1.25. The molecule has 0 unspecified atom stereocenters. The smallest absolute Gasteiger partial charge is 0.316 e. The molecule has 0 aliphatic carbocycles. The average Bonchev–Trinajstić information content (AvgIpc) is 2.03. The largest absolute Gasteiger partial charge is 0.339 e. The monoisotopic (exact) mass is 153 g/mol. The highest BCUT2D eigenvalue weighted by molar-refractivity contribution is 5.73. The summed E-state index contributed by atoms with van der Waals surface area (Å²) in [7, 11) is 1.47. The van der Waals surface area contributed by atoms with Crippen LogP contribution in [0.2, 0.25) is 0 Å². The molecule has 61 valence electrons. The summed E-state index contributed by atoms with van der Waals surface area (Å²) in [4.78, 5) is 12.5. The highest BCUT2D eigenvalue weighted by atomic mass is 16.2. The van der Waals surface area contributed by atoms with E-state index in [1.807, 2.05) is 0 Å². The zero-order chi connectivity index (χ0) is 8.69. The summed E-state index contributed by atoms with van der Waals surface area (Å²) < 4.78 is 0. The fourth-order valence-electron chi connectivity index (χ4n) is 0.684. The van der Waals surface area contributed by atoms with Crippen molar-refractivity contribution >= 4 is 6.03 Å². The third-order valence-corrected chi connectivity index (χ3v) is 1.16. The Balaban J connectivity index is 3.95. The van der Waals surface area contributed by atoms with Gasteiger partial charge in [0, 0.05) is 20.1 Å². The summed E-state index contributed by atoms with van der Waals surface area (Å²) in [5, 5.41) is 3.52. The molecule has 0 N–H and O–H groups in total. The molecule has 11 heavy (non-hydrogen) atoms. The van der Waals surface area contributed by atoms with Gasteiger partial charge in [0.25, 0.3) is 0 Å². The highest BCUT2D eigenvalue weighted by Gasteiger charge is 2.07. The van der Waals surface area contributed by atoms with Crippen molar-refractivity contribution in [3.63, 3.8) is 0 Å². The number of rotatable bonds is 4. The maximum absolute atomic E-state index is 11.0. The lowest BCUT2D eigenvalue weighted by Crippen LogP contribution is -2.34. The molecule has 0 saturated carbocycles. The van der Waals surface area contributed by atoms with Gasteiger partial charge in [-0.15, -0.1) is 13.2 Å². The SMILES string of the molecule is C=CCN(CC=C)C(=O)[N]C. The van der Waals surface area contributed by atoms with E-state index in [2.05, 4.69) is 18.5 Å². The predicted octanol–water partition coefficient (Wildman–Crippen LogP) is 1.01. The van der Waals surface area contributed by atoms with E-state index in [-0.39, 0.29) is 6.03 Å². The lowest BCUT2D eigenvalue weighted by molar-refractivity contribution is 0.210. The lowest BCUT2D eigenvalue weighted by Gasteiger charge is -2.16. The third-order valence-electron chi connectivity index (χ3n) is 1.16. The van der Waals surface area contributed by atoms with Crippen molar-refractivity contribution in [1.29, 1.82) is 0 Å². The van der Waals surface area contributed by atoms with Crippen LogP contribution >= 0.6 is 0 Å². The van der Waals surface area contributed by atoms with Crippen LogP contribution in [0.1, 0.15) is 0 Å². The van der Waals surface area contributed by atoms with Crippen molar-refractivity contribution < 1.29 is 4.79 Å². The summed E-state index contributed by atoms with van der Waals surface area (Å²) >= 11 is 0. The van der Waals surface area contributed by atoms with Gasteiger partial charge in [-0.25, -0.2) is 10.1 Å². The molecule has 2 amide bonds. The molecule has 0 spiro atoms. The first-order valence-electron chi connectivity index (χ1n) is 3.36. The molecule has 0 rings (SSSR count). The molecule has 0 bridgehead atoms. The molecule has 0 aromatic rings. The minimum atomic E-state index is -0.232. The van der Waals surface area contributed by atoms with Gasteiger partial charge in [0.2, 0.25) is 0 Å². The van der Waals surface area contributed by atoms with Crippen LogP contribution in [0, 0.1) is 0 Å². The minimum absolute atomic E-state index is 0.232. The topological polar surface area (TPSA) is 34.4 Å². The Bertz CT molecular complexity index is 144. The van der Waals surface area contributed by atoms with E-state index in [1.54, 1.807) is 17.1 Å². The molecule has 0 atom stereocenters. The highest BCUT2D eigenvalue weighted by Crippen LogP contribution is 1.89. The van der Waals surface area contributed by atoms with Crippen LogP contribution in [0.3, 0.4) is 0 Å². The van der Waals surface area contributed by atoms with Crippen LogP contribution in [0.25, 0.3) is 0 Å². The van der Waals surface area contributed by atoms with E-state index in [0.717, 1.165) is 0 Å². The Morgan fingerprint density at radius 2 is 1.91 bits per heavy atom. The van der Waals surface area contributed by atoms with Gasteiger partial charge in [-0.05, 0) is 0 Å². The predicted molar refractivity (Wildman–Crippen MR) is 45.4 cm³/mol. The molecule has 0 fully saturated rings. The molecule has 0 aliphatic rings. The Labute approximate surface area is 67.4 Å². The summed E-state index contributed by atoms with van der Waals surface area (Å²) in [5.74, 6) is 0. The standard InChI is InChI=1S/C8H13N2O/c1-4-6-10(7-5-2)8(11)9-3/h4-5H,1-2,6-7H2,3H3. The fourth-order valence-corrected chi connectivity index (χ4v) is 0.684. The molecule has 0 saturated heterocycles. The van der Waals surface area contributed by atoms with E-state index < -0.39 is 0 Å². The van der Waals surface area contributed by atoms with Crippen molar-refractivity contribution in [2.24, 2.45) is 0 Å². The zero-order valence-corrected chi connectivity index (χ0v) is 6.79. The number of hydrogen-bond acceptors (Lipinski definition) is 1. The minimum Gasteiger partial charge on any atom is -0.316 e. The molecule has 1 radical (unpaired) electrons. The fraction of sp³-hybridized carbons (Fsp3) is 0.375. The quantitative estimate of drug-likeness (QED) is 0.555. The molecular formula is C8H13N2O. The van der Waals surface area contributed by atoms with E-state index in [4.69, 9.17) is 0 Å². The van der Waals surface area contributed by atoms with Crippen molar-refractivity contribution in [1.82, 2.24) is 10.2 Å². The van der Waals surface area contributed by atoms with E-state index in [0.29, 0.717) is 13.1 Å². The summed E-state index contributed by atoms with van der Waals surface area (Å²) in [6, 6.07) is -0.232. The van der Waals surface area contributed by atoms with E-state index in [9.17, 15) is 4.79 Å². The number of amides is 2. The van der Waals surface area contributed by atoms with Crippen LogP contribution in [-0.2, 0) is 0 Å². The average molecular weight is 153 g/mol. The van der Waals surface area contributed by atoms with E-state index in [1.165, 1.54) is 7.05 Å². The molecule has 0 heterocycles. The number of carbonyl (C=O) groups is 1.